The van der Waals surface area contributed by atoms with Gasteiger partial charge in [-0.25, -0.2) is 9.36 Å². The van der Waals surface area contributed by atoms with Gasteiger partial charge in [-0.3, -0.25) is 14.9 Å². The van der Waals surface area contributed by atoms with Crippen LogP contribution in [0.3, 0.4) is 0 Å². The number of hydrogen-bond donors (Lipinski definition) is 1. The number of carbonyl (C=O) groups is 2. The summed E-state index contributed by atoms with van der Waals surface area (Å²) < 4.78 is 16.8. The van der Waals surface area contributed by atoms with E-state index in [0.717, 1.165) is 55.1 Å². The van der Waals surface area contributed by atoms with Crippen LogP contribution >= 0.6 is 39.0 Å². The van der Waals surface area contributed by atoms with Crippen molar-refractivity contribution in [1.82, 2.24) is 9.30 Å². The van der Waals surface area contributed by atoms with Crippen LogP contribution in [0.2, 0.25) is 18.1 Å². The first-order valence-corrected chi connectivity index (χ1v) is 23.2. The van der Waals surface area contributed by atoms with E-state index >= 15 is 0 Å². The fraction of sp³-hybridized carbons (Fsp3) is 0.432. The van der Waals surface area contributed by atoms with E-state index < -0.39 is 31.2 Å². The Bertz CT molecular complexity index is 2040. The molecule has 11 nitrogen and oxygen atoms in total. The number of β-lactam (4-membered cyclic amide) rings is 1. The van der Waals surface area contributed by atoms with Gasteiger partial charge in [0, 0.05) is 29.0 Å². The summed E-state index contributed by atoms with van der Waals surface area (Å²) >= 11 is 6.86. The molecule has 0 spiro atoms. The van der Waals surface area contributed by atoms with Crippen LogP contribution in [-0.4, -0.2) is 57.9 Å². The number of thioether (sulfide) groups is 1. The van der Waals surface area contributed by atoms with Crippen molar-refractivity contribution < 1.29 is 50.3 Å². The number of aromatic nitrogens is 2. The molecule has 284 valence electrons. The van der Waals surface area contributed by atoms with Crippen LogP contribution < -0.4 is 26.0 Å². The van der Waals surface area contributed by atoms with Crippen LogP contribution in [0.4, 0.5) is 5.69 Å². The van der Waals surface area contributed by atoms with Crippen LogP contribution in [-0.2, 0) is 32.8 Å². The molecule has 0 radical (unpaired) electrons. The lowest BCUT2D eigenvalue weighted by Crippen LogP contribution is -3.00. The normalized spacial score (nSPS) is 18.8. The summed E-state index contributed by atoms with van der Waals surface area (Å²) in [5, 5.41) is 23.4. The van der Waals surface area contributed by atoms with Crippen molar-refractivity contribution in [2.24, 2.45) is 11.8 Å². The minimum absolute atomic E-state index is 0. The van der Waals surface area contributed by atoms with E-state index in [1.54, 1.807) is 42.2 Å². The number of thiazole rings is 1. The molecule has 1 saturated heterocycles. The van der Waals surface area contributed by atoms with Crippen LogP contribution in [0.1, 0.15) is 56.2 Å². The number of rotatable bonds is 15. The summed E-state index contributed by atoms with van der Waals surface area (Å²) in [5.41, 5.74) is 3.74. The van der Waals surface area contributed by atoms with E-state index in [4.69, 9.17) is 9.16 Å². The van der Waals surface area contributed by atoms with Gasteiger partial charge in [0.2, 0.25) is 24.1 Å². The molecule has 6 rings (SSSR count). The number of alkyl halides is 1. The minimum Gasteiger partial charge on any atom is -1.00 e. The van der Waals surface area contributed by atoms with Crippen LogP contribution in [0.15, 0.2) is 65.7 Å². The van der Waals surface area contributed by atoms with Crippen molar-refractivity contribution in [3.8, 4) is 5.75 Å². The number of halogens is 2. The fourth-order valence-corrected chi connectivity index (χ4v) is 12.6. The molecule has 4 heterocycles. The van der Waals surface area contributed by atoms with Crippen LogP contribution in [0.25, 0.3) is 10.4 Å². The third-order valence-electron chi connectivity index (χ3n) is 10.5. The summed E-state index contributed by atoms with van der Waals surface area (Å²) in [6.07, 6.45) is 5.26. The molecule has 2 aromatic carbocycles. The first-order chi connectivity index (χ1) is 24.9. The Hall–Kier alpha value is -3.02. The number of hydrogen-bond acceptors (Lipinski definition) is 9. The van der Waals surface area contributed by atoms with Crippen molar-refractivity contribution in [2.45, 2.75) is 88.4 Å². The molecule has 1 amide bonds. The van der Waals surface area contributed by atoms with Crippen molar-refractivity contribution >= 4 is 75.3 Å². The number of ether oxygens (including phenoxy) is 1. The zero-order chi connectivity index (χ0) is 37.5. The molecule has 0 unspecified atom stereocenters. The number of aliphatic hydroxyl groups is 1. The van der Waals surface area contributed by atoms with Gasteiger partial charge in [0.1, 0.15) is 30.8 Å². The first-order valence-electron chi connectivity index (χ1n) is 17.5. The van der Waals surface area contributed by atoms with Gasteiger partial charge >= 0.3 is 5.97 Å². The number of benzene rings is 2. The highest BCUT2D eigenvalue weighted by atomic mass is 79.9. The predicted molar refractivity (Wildman–Crippen MR) is 208 cm³/mol. The minimum atomic E-state index is -1.86. The van der Waals surface area contributed by atoms with Gasteiger partial charge in [-0.2, -0.15) is 4.40 Å². The molecular formula is C37H44Br2N4O7S2Si. The third-order valence-corrected chi connectivity index (χ3v) is 17.8. The lowest BCUT2D eigenvalue weighted by molar-refractivity contribution is -0.721. The number of imidazole rings is 1. The summed E-state index contributed by atoms with van der Waals surface area (Å²) in [5.74, 6) is -0.875. The van der Waals surface area contributed by atoms with E-state index in [9.17, 15) is 24.8 Å². The highest BCUT2D eigenvalue weighted by Gasteiger charge is 2.60. The molecule has 4 atom stereocenters. The number of aliphatic hydroxyl groups excluding tert-OH is 1. The molecule has 53 heavy (non-hydrogen) atoms. The fourth-order valence-electron chi connectivity index (χ4n) is 7.56. The maximum atomic E-state index is 13.8. The Morgan fingerprint density at radius 2 is 1.79 bits per heavy atom. The van der Waals surface area contributed by atoms with Crippen LogP contribution in [0.5, 0.6) is 5.75 Å². The SMILES string of the molecule is CC[Si](CC)(CC)Oc1cc(CBr)cc(C[n+]2cn3cc(C4=C(C(=O)OCc5ccc([N+](=O)[O-])cc5)N5C(=O)[C@H]([C@@H](C)O)[C@H]5[C@H]4C)sc3c2SC)c1.[Br-]. The van der Waals surface area contributed by atoms with E-state index in [2.05, 4.69) is 76.5 Å². The Kier molecular flexibility index (Phi) is 13.0. The second-order valence-electron chi connectivity index (χ2n) is 13.5. The number of nitro benzene ring substituents is 1. The molecule has 4 aromatic rings. The smallest absolute Gasteiger partial charge is 0.355 e. The van der Waals surface area contributed by atoms with Crippen molar-refractivity contribution in [3.63, 3.8) is 0 Å². The Labute approximate surface area is 337 Å². The monoisotopic (exact) mass is 906 g/mol. The molecule has 16 heteroatoms. The number of carbonyl (C=O) groups excluding carboxylic acids is 2. The molecule has 1 N–H and O–H groups in total. The molecule has 2 aliphatic heterocycles. The summed E-state index contributed by atoms with van der Waals surface area (Å²) in [6, 6.07) is 15.2. The molecule has 0 bridgehead atoms. The quantitative estimate of drug-likeness (QED) is 0.0269. The van der Waals surface area contributed by atoms with Gasteiger partial charge in [-0.1, -0.05) is 72.8 Å². The zero-order valence-corrected chi connectivity index (χ0v) is 36.3. The Morgan fingerprint density at radius 1 is 1.13 bits per heavy atom. The van der Waals surface area contributed by atoms with Gasteiger partial charge in [0.15, 0.2) is 0 Å². The van der Waals surface area contributed by atoms with Crippen molar-refractivity contribution in [3.05, 3.63) is 92.4 Å². The van der Waals surface area contributed by atoms with E-state index in [0.29, 0.717) is 17.7 Å². The molecule has 1 fully saturated rings. The standard InChI is InChI=1S/C37H44BrN4O7S2Si.BrH/c1-7-52(8-2,9-3)49-28-15-25(17-38)14-26(16-28)18-39-21-40-19-29(51-36(40)35(39)50-6)30-22(4)32-31(23(5)43)34(44)41(32)33(30)37(45)48-20-24-10-12-27(13-11-24)42(46)47;/h10-16,19,21-23,31-32,43H,7-9,17-18,20H2,1-6H3;1H/q+1;/p-1/t22-,23+,31+,32+;/m0./s1. The molecule has 2 aliphatic rings. The van der Waals surface area contributed by atoms with Crippen molar-refractivity contribution in [1.29, 1.82) is 0 Å². The van der Waals surface area contributed by atoms with Crippen LogP contribution in [0, 0.1) is 22.0 Å². The van der Waals surface area contributed by atoms with Gasteiger partial charge in [0.05, 0.1) is 27.9 Å². The van der Waals surface area contributed by atoms with Crippen molar-refractivity contribution in [2.75, 3.05) is 6.26 Å². The Morgan fingerprint density at radius 3 is 2.38 bits per heavy atom. The molecular weight excluding hydrogens is 864 g/mol. The van der Waals surface area contributed by atoms with Gasteiger partial charge < -0.3 is 36.2 Å². The average Bonchev–Trinajstić information content (AvgIpc) is 3.76. The first kappa shape index (κ1) is 41.1. The van der Waals surface area contributed by atoms with E-state index in [1.807, 2.05) is 13.1 Å². The summed E-state index contributed by atoms with van der Waals surface area (Å²) in [4.78, 5) is 41.1. The topological polar surface area (TPSA) is 128 Å². The maximum absolute atomic E-state index is 13.8. The lowest BCUT2D eigenvalue weighted by Gasteiger charge is -2.46. The van der Waals surface area contributed by atoms with Gasteiger partial charge in [0.25, 0.3) is 12.0 Å². The second-order valence-corrected chi connectivity index (χ2v) is 20.6. The molecule has 0 saturated carbocycles. The Balaban J connectivity index is 0.00000541. The number of amides is 1. The lowest BCUT2D eigenvalue weighted by atomic mass is 9.77. The largest absolute Gasteiger partial charge is 1.00 e. The predicted octanol–water partition coefficient (Wildman–Crippen LogP) is 4.56. The molecule has 0 aliphatic carbocycles. The zero-order valence-electron chi connectivity index (χ0n) is 30.5. The van der Waals surface area contributed by atoms with E-state index in [1.165, 1.54) is 17.0 Å². The number of nitro groups is 1. The number of non-ortho nitro benzene ring substituents is 1. The second kappa shape index (κ2) is 16.8. The number of esters is 1. The number of fused-ring (bicyclic) bond motifs is 2. The highest BCUT2D eigenvalue weighted by molar-refractivity contribution is 9.08. The van der Waals surface area contributed by atoms with Gasteiger partial charge in [-0.05, 0) is 72.3 Å². The molecule has 2 aromatic heterocycles. The highest BCUT2D eigenvalue weighted by Crippen LogP contribution is 2.52. The third kappa shape index (κ3) is 7.77. The van der Waals surface area contributed by atoms with E-state index in [-0.39, 0.29) is 52.8 Å². The van der Waals surface area contributed by atoms with Gasteiger partial charge in [-0.15, -0.1) is 0 Å². The summed E-state index contributed by atoms with van der Waals surface area (Å²) in [6.45, 7) is 10.8. The number of nitrogens with zero attached hydrogens (tertiary/aromatic N) is 4. The maximum Gasteiger partial charge on any atom is 0.355 e. The summed E-state index contributed by atoms with van der Waals surface area (Å²) in [7, 11) is -1.86. The average molecular weight is 909 g/mol.